The molecule has 1 aliphatic rings. The molecule has 2 heterocycles. The summed E-state index contributed by atoms with van der Waals surface area (Å²) in [6.07, 6.45) is 6.09. The van der Waals surface area contributed by atoms with E-state index in [1.807, 2.05) is 6.07 Å². The van der Waals surface area contributed by atoms with E-state index in [-0.39, 0.29) is 11.3 Å². The Morgan fingerprint density at radius 2 is 2.50 bits per heavy atom. The van der Waals surface area contributed by atoms with Gasteiger partial charge in [-0.3, -0.25) is 4.79 Å². The molecule has 98 valence electrons. The Balaban J connectivity index is 1.94. The van der Waals surface area contributed by atoms with Gasteiger partial charge in [-0.15, -0.1) is 0 Å². The molecule has 18 heavy (non-hydrogen) atoms. The molecule has 1 aromatic rings. The summed E-state index contributed by atoms with van der Waals surface area (Å²) >= 11 is 0. The normalized spacial score (nSPS) is 22.9. The Labute approximate surface area is 107 Å². The van der Waals surface area contributed by atoms with E-state index in [0.717, 1.165) is 38.0 Å². The molecule has 1 fully saturated rings. The molecule has 1 aliphatic heterocycles. The van der Waals surface area contributed by atoms with Crippen molar-refractivity contribution in [1.29, 1.82) is 0 Å². The molecule has 0 radical (unpaired) electrons. The van der Waals surface area contributed by atoms with Crippen molar-refractivity contribution in [2.24, 2.45) is 5.41 Å². The van der Waals surface area contributed by atoms with E-state index in [1.54, 1.807) is 6.20 Å². The minimum absolute atomic E-state index is 0.146. The highest BCUT2D eigenvalue weighted by Crippen LogP contribution is 2.31. The first-order chi connectivity index (χ1) is 8.77. The number of nitrogens with one attached hydrogen (secondary N) is 2. The summed E-state index contributed by atoms with van der Waals surface area (Å²) in [5.41, 5.74) is 0.623. The van der Waals surface area contributed by atoms with Crippen molar-refractivity contribution in [3.63, 3.8) is 0 Å². The molecule has 1 amide bonds. The zero-order chi connectivity index (χ0) is 12.8. The summed E-state index contributed by atoms with van der Waals surface area (Å²) in [6.45, 7) is 4.32. The minimum Gasteiger partial charge on any atom is -0.350 e. The Morgan fingerprint density at radius 1 is 1.61 bits per heavy atom. The van der Waals surface area contributed by atoms with Gasteiger partial charge < -0.3 is 10.6 Å². The highest BCUT2D eigenvalue weighted by atomic mass is 16.2. The quantitative estimate of drug-likeness (QED) is 0.811. The predicted molar refractivity (Wildman–Crippen MR) is 68.7 cm³/mol. The van der Waals surface area contributed by atoms with Crippen LogP contribution in [0.5, 0.6) is 0 Å². The van der Waals surface area contributed by atoms with Crippen LogP contribution < -0.4 is 10.6 Å². The van der Waals surface area contributed by atoms with Crippen LogP contribution in [-0.2, 0) is 11.3 Å². The second-order valence-corrected chi connectivity index (χ2v) is 4.84. The zero-order valence-electron chi connectivity index (χ0n) is 10.8. The fraction of sp³-hybridized carbons (Fsp3) is 0.615. The van der Waals surface area contributed by atoms with Crippen LogP contribution in [0.25, 0.3) is 0 Å². The lowest BCUT2D eigenvalue weighted by atomic mass is 9.81. The van der Waals surface area contributed by atoms with Crippen LogP contribution in [0.2, 0.25) is 0 Å². The molecule has 1 aromatic heterocycles. The SMILES string of the molecule is CCCC1(C(=O)NCc2ccncn2)CCNC1. The second kappa shape index (κ2) is 5.91. The van der Waals surface area contributed by atoms with Gasteiger partial charge in [0.25, 0.3) is 0 Å². The molecule has 1 saturated heterocycles. The van der Waals surface area contributed by atoms with E-state index in [4.69, 9.17) is 0 Å². The van der Waals surface area contributed by atoms with Gasteiger partial charge in [-0.1, -0.05) is 13.3 Å². The van der Waals surface area contributed by atoms with Gasteiger partial charge in [0.1, 0.15) is 6.33 Å². The highest BCUT2D eigenvalue weighted by Gasteiger charge is 2.39. The van der Waals surface area contributed by atoms with Crippen molar-refractivity contribution in [3.8, 4) is 0 Å². The summed E-state index contributed by atoms with van der Waals surface area (Å²) in [6, 6.07) is 1.82. The average Bonchev–Trinajstić information content (AvgIpc) is 2.87. The lowest BCUT2D eigenvalue weighted by molar-refractivity contribution is -0.130. The van der Waals surface area contributed by atoms with Crippen LogP contribution in [-0.4, -0.2) is 29.0 Å². The molecule has 0 aliphatic carbocycles. The maximum absolute atomic E-state index is 12.3. The van der Waals surface area contributed by atoms with Crippen LogP contribution >= 0.6 is 0 Å². The number of rotatable bonds is 5. The topological polar surface area (TPSA) is 66.9 Å². The molecule has 2 N–H and O–H groups in total. The molecule has 2 rings (SSSR count). The molecule has 5 heteroatoms. The first-order valence-electron chi connectivity index (χ1n) is 6.51. The van der Waals surface area contributed by atoms with Gasteiger partial charge >= 0.3 is 0 Å². The van der Waals surface area contributed by atoms with Gasteiger partial charge in [-0.25, -0.2) is 9.97 Å². The molecule has 5 nitrogen and oxygen atoms in total. The lowest BCUT2D eigenvalue weighted by Gasteiger charge is -2.26. The number of hydrogen-bond donors (Lipinski definition) is 2. The monoisotopic (exact) mass is 248 g/mol. The number of amides is 1. The lowest BCUT2D eigenvalue weighted by Crippen LogP contribution is -2.42. The van der Waals surface area contributed by atoms with Crippen LogP contribution in [0.4, 0.5) is 0 Å². The fourth-order valence-electron chi connectivity index (χ4n) is 2.52. The summed E-state index contributed by atoms with van der Waals surface area (Å²) in [7, 11) is 0. The van der Waals surface area contributed by atoms with Gasteiger partial charge in [0.05, 0.1) is 17.7 Å². The minimum atomic E-state index is -0.220. The van der Waals surface area contributed by atoms with E-state index in [1.165, 1.54) is 6.33 Å². The van der Waals surface area contributed by atoms with Crippen molar-refractivity contribution in [2.45, 2.75) is 32.7 Å². The van der Waals surface area contributed by atoms with Crippen molar-refractivity contribution in [2.75, 3.05) is 13.1 Å². The van der Waals surface area contributed by atoms with Crippen LogP contribution in [0, 0.1) is 5.41 Å². The van der Waals surface area contributed by atoms with Crippen LogP contribution in [0.15, 0.2) is 18.6 Å². The summed E-state index contributed by atoms with van der Waals surface area (Å²) in [5.74, 6) is 0.146. The third-order valence-corrected chi connectivity index (χ3v) is 3.53. The Morgan fingerprint density at radius 3 is 3.11 bits per heavy atom. The number of carbonyl (C=O) groups is 1. The first kappa shape index (κ1) is 13.0. The first-order valence-corrected chi connectivity index (χ1v) is 6.51. The third-order valence-electron chi connectivity index (χ3n) is 3.53. The number of hydrogen-bond acceptors (Lipinski definition) is 4. The van der Waals surface area contributed by atoms with E-state index >= 15 is 0 Å². The summed E-state index contributed by atoms with van der Waals surface area (Å²) in [5, 5.41) is 6.29. The summed E-state index contributed by atoms with van der Waals surface area (Å²) < 4.78 is 0. The molecular weight excluding hydrogens is 228 g/mol. The second-order valence-electron chi connectivity index (χ2n) is 4.84. The van der Waals surface area contributed by atoms with Crippen molar-refractivity contribution in [1.82, 2.24) is 20.6 Å². The average molecular weight is 248 g/mol. The smallest absolute Gasteiger partial charge is 0.227 e. The Kier molecular flexibility index (Phi) is 4.25. The third kappa shape index (κ3) is 2.85. The molecule has 1 atom stereocenters. The number of carbonyl (C=O) groups excluding carboxylic acids is 1. The van der Waals surface area contributed by atoms with Gasteiger partial charge in [0.2, 0.25) is 5.91 Å². The van der Waals surface area contributed by atoms with Gasteiger partial charge in [-0.05, 0) is 25.5 Å². The zero-order valence-corrected chi connectivity index (χ0v) is 10.8. The van der Waals surface area contributed by atoms with Crippen molar-refractivity contribution >= 4 is 5.91 Å². The predicted octanol–water partition coefficient (Wildman–Crippen LogP) is 0.873. The Bertz CT molecular complexity index is 387. The van der Waals surface area contributed by atoms with Gasteiger partial charge in [0, 0.05) is 12.7 Å². The van der Waals surface area contributed by atoms with Crippen molar-refractivity contribution < 1.29 is 4.79 Å². The van der Waals surface area contributed by atoms with Crippen LogP contribution in [0.3, 0.4) is 0 Å². The molecule has 1 unspecified atom stereocenters. The van der Waals surface area contributed by atoms with Crippen molar-refractivity contribution in [3.05, 3.63) is 24.3 Å². The maximum Gasteiger partial charge on any atom is 0.227 e. The van der Waals surface area contributed by atoms with Crippen LogP contribution in [0.1, 0.15) is 31.9 Å². The molecule has 0 saturated carbocycles. The molecule has 0 spiro atoms. The summed E-state index contributed by atoms with van der Waals surface area (Å²) in [4.78, 5) is 20.3. The molecular formula is C13H20N4O. The molecule has 0 bridgehead atoms. The highest BCUT2D eigenvalue weighted by molar-refractivity contribution is 5.83. The van der Waals surface area contributed by atoms with Gasteiger partial charge in [0.15, 0.2) is 0 Å². The maximum atomic E-state index is 12.3. The van der Waals surface area contributed by atoms with Gasteiger partial charge in [-0.2, -0.15) is 0 Å². The Hall–Kier alpha value is -1.49. The number of nitrogens with zero attached hydrogens (tertiary/aromatic N) is 2. The van der Waals surface area contributed by atoms with E-state index in [9.17, 15) is 4.79 Å². The largest absolute Gasteiger partial charge is 0.350 e. The fourth-order valence-corrected chi connectivity index (χ4v) is 2.52. The standard InChI is InChI=1S/C13H20N4O/c1-2-4-13(5-7-14-9-13)12(18)16-8-11-3-6-15-10-17-11/h3,6,10,14H,2,4-5,7-9H2,1H3,(H,16,18). The molecule has 0 aromatic carbocycles. The van der Waals surface area contributed by atoms with E-state index < -0.39 is 0 Å². The van der Waals surface area contributed by atoms with E-state index in [2.05, 4.69) is 27.5 Å². The number of aromatic nitrogens is 2. The van der Waals surface area contributed by atoms with E-state index in [0.29, 0.717) is 6.54 Å².